The molecule has 0 spiro atoms. The summed E-state index contributed by atoms with van der Waals surface area (Å²) in [4.78, 5) is 27.9. The second kappa shape index (κ2) is 17.0. The highest BCUT2D eigenvalue weighted by Crippen LogP contribution is 2.26. The van der Waals surface area contributed by atoms with Crippen LogP contribution in [0.15, 0.2) is 78.9 Å². The first-order valence-electron chi connectivity index (χ1n) is 17.3. The molecule has 5 heterocycles. The van der Waals surface area contributed by atoms with Crippen LogP contribution in [-0.4, -0.2) is 61.8 Å². The van der Waals surface area contributed by atoms with E-state index in [1.807, 2.05) is 24.3 Å². The minimum absolute atomic E-state index is 0.114. The van der Waals surface area contributed by atoms with Gasteiger partial charge in [-0.1, -0.05) is 30.3 Å². The molecule has 272 valence electrons. The van der Waals surface area contributed by atoms with Gasteiger partial charge in [-0.25, -0.2) is 18.7 Å². The Morgan fingerprint density at radius 3 is 2.60 bits per heavy atom. The van der Waals surface area contributed by atoms with Crippen LogP contribution in [0.4, 0.5) is 14.5 Å². The molecule has 1 atom stereocenters. The Kier molecular flexibility index (Phi) is 11.8. The number of carbonyl (C=O) groups is 1. The lowest BCUT2D eigenvalue weighted by atomic mass is 10.0. The molecule has 6 aromatic rings. The van der Waals surface area contributed by atoms with Crippen molar-refractivity contribution in [2.45, 2.75) is 52.9 Å². The molecule has 3 aromatic carbocycles. The first kappa shape index (κ1) is 36.8. The number of imidazole rings is 1. The molecular weight excluding hydrogens is 678 g/mol. The van der Waals surface area contributed by atoms with Crippen molar-refractivity contribution in [2.24, 2.45) is 0 Å². The van der Waals surface area contributed by atoms with Gasteiger partial charge in [-0.2, -0.15) is 10.4 Å². The van der Waals surface area contributed by atoms with Gasteiger partial charge in [0, 0.05) is 60.6 Å². The van der Waals surface area contributed by atoms with Crippen LogP contribution in [0.5, 0.6) is 5.88 Å². The molecule has 1 saturated heterocycles. The van der Waals surface area contributed by atoms with Gasteiger partial charge in [0.05, 0.1) is 35.4 Å². The van der Waals surface area contributed by atoms with E-state index in [2.05, 4.69) is 43.4 Å². The average Bonchev–Trinajstić information content (AvgIpc) is 3.73. The number of aryl methyl sites for hydroxylation is 1. The number of hydrogen-bond donors (Lipinski definition) is 3. The van der Waals surface area contributed by atoms with Gasteiger partial charge in [-0.15, -0.1) is 0 Å². The number of ether oxygens (including phenoxy) is 2. The van der Waals surface area contributed by atoms with Gasteiger partial charge in [-0.3, -0.25) is 14.8 Å². The standard InChI is InChI=1S/C34H29F2N7O2.C4H8O.C2H3N/c1-20-25-15-23(16-27(36)33(25)42-41-20)34(44)37-24-9-10-29-30(17-24)39-31(38-29)18-43-13-11-21(12-14-43)28-7-4-8-32(40-28)45-19-22-5-2-3-6-26(22)35;1-4-2-3-5-4;1-2-3/h2-11,15-17H,12-14,18-19H2,1H3,(H,37,44)(H,38,39)(H,41,42);4H,2-3H2,1H3;1H3/t;4-;/m.1./s1. The first-order valence-corrected chi connectivity index (χ1v) is 17.3. The Morgan fingerprint density at radius 2 is 1.89 bits per heavy atom. The van der Waals surface area contributed by atoms with Gasteiger partial charge in [0.25, 0.3) is 5.91 Å². The van der Waals surface area contributed by atoms with Crippen LogP contribution in [0.2, 0.25) is 0 Å². The second-order valence-electron chi connectivity index (χ2n) is 12.7. The highest BCUT2D eigenvalue weighted by atomic mass is 19.1. The van der Waals surface area contributed by atoms with Crippen LogP contribution in [-0.2, 0) is 17.9 Å². The van der Waals surface area contributed by atoms with E-state index in [1.165, 1.54) is 25.5 Å². The molecule has 0 unspecified atom stereocenters. The van der Waals surface area contributed by atoms with Gasteiger partial charge in [0.15, 0.2) is 5.82 Å². The maximum Gasteiger partial charge on any atom is 0.255 e. The van der Waals surface area contributed by atoms with Crippen molar-refractivity contribution in [2.75, 3.05) is 25.0 Å². The maximum atomic E-state index is 14.5. The van der Waals surface area contributed by atoms with Crippen molar-refractivity contribution in [3.63, 3.8) is 0 Å². The minimum atomic E-state index is -0.550. The molecule has 0 aliphatic carbocycles. The summed E-state index contributed by atoms with van der Waals surface area (Å²) in [5, 5.41) is 17.4. The Morgan fingerprint density at radius 1 is 1.09 bits per heavy atom. The Balaban J connectivity index is 0.000000540. The summed E-state index contributed by atoms with van der Waals surface area (Å²) in [5.74, 6) is 0.00929. The van der Waals surface area contributed by atoms with E-state index >= 15 is 0 Å². The summed E-state index contributed by atoms with van der Waals surface area (Å²) < 4.78 is 39.1. The number of aromatic nitrogens is 5. The number of nitriles is 1. The smallest absolute Gasteiger partial charge is 0.255 e. The molecule has 8 rings (SSSR count). The third kappa shape index (κ3) is 9.29. The molecule has 3 aromatic heterocycles. The van der Waals surface area contributed by atoms with Gasteiger partial charge in [-0.05, 0) is 74.7 Å². The number of halogens is 2. The van der Waals surface area contributed by atoms with E-state index in [0.29, 0.717) is 40.9 Å². The Labute approximate surface area is 305 Å². The van der Waals surface area contributed by atoms with Crippen molar-refractivity contribution >= 4 is 39.1 Å². The normalized spacial score (nSPS) is 15.2. The van der Waals surface area contributed by atoms with Crippen LogP contribution in [0.1, 0.15) is 59.8 Å². The van der Waals surface area contributed by atoms with Crippen LogP contribution in [0.25, 0.3) is 27.5 Å². The van der Waals surface area contributed by atoms with Gasteiger partial charge in [0.1, 0.15) is 23.8 Å². The molecular formula is C40H40F2N8O3. The van der Waals surface area contributed by atoms with Crippen LogP contribution < -0.4 is 10.1 Å². The molecule has 53 heavy (non-hydrogen) atoms. The monoisotopic (exact) mass is 718 g/mol. The number of nitrogens with zero attached hydrogens (tertiary/aromatic N) is 5. The number of amides is 1. The number of benzene rings is 3. The molecule has 2 aliphatic rings. The van der Waals surface area contributed by atoms with Crippen molar-refractivity contribution < 1.29 is 23.0 Å². The highest BCUT2D eigenvalue weighted by molar-refractivity contribution is 6.07. The van der Waals surface area contributed by atoms with Crippen molar-refractivity contribution in [1.29, 1.82) is 5.26 Å². The molecule has 2 aliphatic heterocycles. The summed E-state index contributed by atoms with van der Waals surface area (Å²) in [7, 11) is 0. The van der Waals surface area contributed by atoms with E-state index < -0.39 is 11.7 Å². The van der Waals surface area contributed by atoms with Gasteiger partial charge >= 0.3 is 0 Å². The number of nitrogens with one attached hydrogen (secondary N) is 3. The van der Waals surface area contributed by atoms with E-state index in [-0.39, 0.29) is 23.5 Å². The molecule has 0 radical (unpaired) electrons. The number of H-pyrrole nitrogens is 2. The fourth-order valence-electron chi connectivity index (χ4n) is 5.84. The number of hydrogen-bond acceptors (Lipinski definition) is 8. The molecule has 0 saturated carbocycles. The maximum absolute atomic E-state index is 14.5. The predicted octanol–water partition coefficient (Wildman–Crippen LogP) is 7.87. The molecule has 1 amide bonds. The van der Waals surface area contributed by atoms with Crippen molar-refractivity contribution in [3.8, 4) is 11.9 Å². The lowest BCUT2D eigenvalue weighted by Crippen LogP contribution is -2.28. The van der Waals surface area contributed by atoms with Gasteiger partial charge in [0.2, 0.25) is 5.88 Å². The summed E-state index contributed by atoms with van der Waals surface area (Å²) in [6.07, 6.45) is 4.80. The zero-order chi connectivity index (χ0) is 37.3. The summed E-state index contributed by atoms with van der Waals surface area (Å²) >= 11 is 0. The summed E-state index contributed by atoms with van der Waals surface area (Å²) in [5.41, 5.74) is 5.74. The summed E-state index contributed by atoms with van der Waals surface area (Å²) in [6, 6.07) is 22.2. The van der Waals surface area contributed by atoms with Crippen molar-refractivity contribution in [1.82, 2.24) is 30.0 Å². The number of carbonyl (C=O) groups excluding carboxylic acids is 1. The molecule has 13 heteroatoms. The zero-order valence-corrected chi connectivity index (χ0v) is 29.7. The summed E-state index contributed by atoms with van der Waals surface area (Å²) in [6.45, 7) is 8.58. The fraction of sp³-hybridized carbons (Fsp3) is 0.275. The van der Waals surface area contributed by atoms with E-state index in [9.17, 15) is 13.6 Å². The fourth-order valence-corrected chi connectivity index (χ4v) is 5.84. The number of aromatic amines is 2. The number of anilines is 1. The topological polar surface area (TPSA) is 145 Å². The first-order chi connectivity index (χ1) is 25.7. The second-order valence-corrected chi connectivity index (χ2v) is 12.7. The van der Waals surface area contributed by atoms with E-state index in [0.717, 1.165) is 54.2 Å². The third-order valence-corrected chi connectivity index (χ3v) is 8.83. The predicted molar refractivity (Wildman–Crippen MR) is 199 cm³/mol. The number of rotatable bonds is 8. The van der Waals surface area contributed by atoms with E-state index in [4.69, 9.17) is 19.7 Å². The van der Waals surface area contributed by atoms with Crippen LogP contribution in [0.3, 0.4) is 0 Å². The molecule has 1 fully saturated rings. The number of pyridine rings is 1. The van der Waals surface area contributed by atoms with E-state index in [1.54, 1.807) is 49.4 Å². The lowest BCUT2D eigenvalue weighted by Gasteiger charge is -2.25. The molecule has 3 N–H and O–H groups in total. The van der Waals surface area contributed by atoms with Crippen LogP contribution in [0, 0.1) is 29.9 Å². The minimum Gasteiger partial charge on any atom is -0.473 e. The highest BCUT2D eigenvalue weighted by Gasteiger charge is 2.18. The largest absolute Gasteiger partial charge is 0.473 e. The lowest BCUT2D eigenvalue weighted by molar-refractivity contribution is -0.0375. The van der Waals surface area contributed by atoms with Gasteiger partial charge < -0.3 is 19.8 Å². The van der Waals surface area contributed by atoms with Crippen LogP contribution >= 0.6 is 0 Å². The zero-order valence-electron chi connectivity index (χ0n) is 29.7. The third-order valence-electron chi connectivity index (χ3n) is 8.83. The Hall–Kier alpha value is -5.97. The molecule has 11 nitrogen and oxygen atoms in total. The molecule has 0 bridgehead atoms. The average molecular weight is 719 g/mol. The number of fused-ring (bicyclic) bond motifs is 2. The van der Waals surface area contributed by atoms with Crippen molar-refractivity contribution in [3.05, 3.63) is 119 Å². The quantitative estimate of drug-likeness (QED) is 0.144. The Bertz CT molecular complexity index is 2290. The SMILES string of the molecule is CC#N.C[C@@H]1CCO1.Cc1[nH]nc2c(F)cc(C(=O)Nc3ccc4nc(CN5CC=C(c6cccc(OCc7ccccc7F)n6)CC5)[nH]c4c3)cc12.